The van der Waals surface area contributed by atoms with E-state index in [-0.39, 0.29) is 36.1 Å². The average molecular weight is 501 g/mol. The molecule has 2 amide bonds. The van der Waals surface area contributed by atoms with Gasteiger partial charge in [-0.1, -0.05) is 60.7 Å². The van der Waals surface area contributed by atoms with Gasteiger partial charge < -0.3 is 15.0 Å². The van der Waals surface area contributed by atoms with Crippen LogP contribution in [0, 0.1) is 11.7 Å². The molecule has 4 nitrogen and oxygen atoms in total. The second-order valence-corrected chi connectivity index (χ2v) is 8.95. The number of piperidine rings is 1. The summed E-state index contributed by atoms with van der Waals surface area (Å²) in [6.07, 6.45) is -4.52. The van der Waals surface area contributed by atoms with Crippen LogP contribution in [-0.4, -0.2) is 37.2 Å². The number of likely N-dealkylation sites (tertiary alicyclic amines) is 1. The van der Waals surface area contributed by atoms with Gasteiger partial charge in [0, 0.05) is 32.0 Å². The van der Waals surface area contributed by atoms with E-state index in [2.05, 4.69) is 5.32 Å². The van der Waals surface area contributed by atoms with Crippen LogP contribution in [0.1, 0.15) is 34.6 Å². The van der Waals surface area contributed by atoms with Crippen LogP contribution in [-0.2, 0) is 17.5 Å². The third-order valence-electron chi connectivity index (χ3n) is 6.59. The van der Waals surface area contributed by atoms with E-state index in [1.807, 2.05) is 60.7 Å². The Labute approximate surface area is 207 Å². The summed E-state index contributed by atoms with van der Waals surface area (Å²) in [5.74, 6) is -1.26. The van der Waals surface area contributed by atoms with E-state index in [1.165, 1.54) is 0 Å². The van der Waals surface area contributed by atoms with Crippen molar-refractivity contribution in [2.75, 3.05) is 20.1 Å². The molecule has 1 aliphatic rings. The molecule has 1 aliphatic heterocycles. The molecule has 190 valence electrons. The molecule has 0 aromatic heterocycles. The molecule has 3 aromatic rings. The van der Waals surface area contributed by atoms with Gasteiger partial charge in [-0.2, -0.15) is 13.2 Å². The molecular weight excluding hydrogens is 472 g/mol. The lowest BCUT2D eigenvalue weighted by Crippen LogP contribution is -2.51. The second kappa shape index (κ2) is 11.1. The van der Waals surface area contributed by atoms with Crippen LogP contribution in [0.5, 0.6) is 0 Å². The van der Waals surface area contributed by atoms with Crippen molar-refractivity contribution in [2.45, 2.75) is 31.2 Å². The predicted octanol–water partition coefficient (Wildman–Crippen LogP) is 6.22. The highest BCUT2D eigenvalue weighted by atomic mass is 19.4. The first kappa shape index (κ1) is 25.7. The van der Waals surface area contributed by atoms with Gasteiger partial charge in [0.05, 0.1) is 18.3 Å². The van der Waals surface area contributed by atoms with E-state index in [4.69, 9.17) is 4.74 Å². The third kappa shape index (κ3) is 6.05. The van der Waals surface area contributed by atoms with Crippen LogP contribution in [0.15, 0.2) is 78.9 Å². The molecule has 1 fully saturated rings. The minimum atomic E-state index is -4.65. The Kier molecular flexibility index (Phi) is 7.94. The lowest BCUT2D eigenvalue weighted by Gasteiger charge is -2.42. The van der Waals surface area contributed by atoms with Crippen LogP contribution in [0.3, 0.4) is 0 Å². The molecule has 0 aliphatic carbocycles. The smallest absolute Gasteiger partial charge is 0.373 e. The first-order valence-corrected chi connectivity index (χ1v) is 11.8. The van der Waals surface area contributed by atoms with Crippen molar-refractivity contribution >= 4 is 6.03 Å². The molecule has 0 unspecified atom stereocenters. The third-order valence-corrected chi connectivity index (χ3v) is 6.59. The quantitative estimate of drug-likeness (QED) is 0.408. The summed E-state index contributed by atoms with van der Waals surface area (Å²) in [4.78, 5) is 14.2. The van der Waals surface area contributed by atoms with Crippen molar-refractivity contribution in [3.8, 4) is 0 Å². The maximum absolute atomic E-state index is 13.9. The van der Waals surface area contributed by atoms with Crippen LogP contribution in [0.4, 0.5) is 22.4 Å². The number of amides is 2. The number of ether oxygens (including phenoxy) is 1. The van der Waals surface area contributed by atoms with Crippen molar-refractivity contribution in [3.63, 3.8) is 0 Å². The average Bonchev–Trinajstić information content (AvgIpc) is 2.88. The number of hydrogen-bond acceptors (Lipinski definition) is 2. The van der Waals surface area contributed by atoms with Crippen LogP contribution in [0.2, 0.25) is 0 Å². The number of rotatable bonds is 6. The number of nitrogens with one attached hydrogen (secondary N) is 1. The topological polar surface area (TPSA) is 41.6 Å². The van der Waals surface area contributed by atoms with Crippen molar-refractivity contribution in [1.29, 1.82) is 0 Å². The minimum absolute atomic E-state index is 0.116. The van der Waals surface area contributed by atoms with Gasteiger partial charge in [0.1, 0.15) is 5.82 Å². The highest BCUT2D eigenvalue weighted by Gasteiger charge is 2.38. The number of halogens is 4. The number of alkyl halides is 3. The fraction of sp³-hybridized carbons (Fsp3) is 0.321. The maximum Gasteiger partial charge on any atom is 0.416 e. The van der Waals surface area contributed by atoms with Gasteiger partial charge in [-0.15, -0.1) is 0 Å². The molecule has 36 heavy (non-hydrogen) atoms. The van der Waals surface area contributed by atoms with Crippen molar-refractivity contribution in [2.24, 2.45) is 5.92 Å². The van der Waals surface area contributed by atoms with Crippen LogP contribution < -0.4 is 5.32 Å². The Morgan fingerprint density at radius 2 is 1.64 bits per heavy atom. The van der Waals surface area contributed by atoms with Gasteiger partial charge in [0.2, 0.25) is 0 Å². The zero-order chi connectivity index (χ0) is 25.7. The van der Waals surface area contributed by atoms with Gasteiger partial charge in [0.25, 0.3) is 0 Å². The van der Waals surface area contributed by atoms with Gasteiger partial charge in [-0.3, -0.25) is 0 Å². The Morgan fingerprint density at radius 3 is 2.19 bits per heavy atom. The molecule has 3 aromatic carbocycles. The van der Waals surface area contributed by atoms with E-state index < -0.39 is 17.6 Å². The lowest BCUT2D eigenvalue weighted by atomic mass is 9.75. The largest absolute Gasteiger partial charge is 0.416 e. The van der Waals surface area contributed by atoms with E-state index in [1.54, 1.807) is 11.9 Å². The Bertz CT molecular complexity index is 1120. The highest BCUT2D eigenvalue weighted by Crippen LogP contribution is 2.39. The second-order valence-electron chi connectivity index (χ2n) is 8.95. The Balaban J connectivity index is 1.66. The zero-order valence-electron chi connectivity index (χ0n) is 19.8. The summed E-state index contributed by atoms with van der Waals surface area (Å²) >= 11 is 0. The molecule has 2 atom stereocenters. The molecule has 1 N–H and O–H groups in total. The monoisotopic (exact) mass is 500 g/mol. The maximum atomic E-state index is 13.9. The summed E-state index contributed by atoms with van der Waals surface area (Å²) in [5.41, 5.74) is 1.17. The summed E-state index contributed by atoms with van der Waals surface area (Å²) in [7, 11) is 1.58. The zero-order valence-corrected chi connectivity index (χ0v) is 19.8. The number of nitrogens with zero attached hydrogens (tertiary/aromatic N) is 1. The van der Waals surface area contributed by atoms with Crippen LogP contribution >= 0.6 is 0 Å². The van der Waals surface area contributed by atoms with Crippen molar-refractivity contribution in [3.05, 3.63) is 107 Å². The molecule has 0 bridgehead atoms. The molecule has 4 rings (SSSR count). The minimum Gasteiger partial charge on any atom is -0.373 e. The van der Waals surface area contributed by atoms with E-state index in [0.717, 1.165) is 23.3 Å². The Hall–Kier alpha value is -3.39. The lowest BCUT2D eigenvalue weighted by molar-refractivity contribution is -0.137. The first-order valence-electron chi connectivity index (χ1n) is 11.8. The van der Waals surface area contributed by atoms with Gasteiger partial charge >= 0.3 is 12.2 Å². The van der Waals surface area contributed by atoms with E-state index in [0.29, 0.717) is 25.6 Å². The summed E-state index contributed by atoms with van der Waals surface area (Å²) < 4.78 is 59.7. The fourth-order valence-corrected chi connectivity index (χ4v) is 4.94. The summed E-state index contributed by atoms with van der Waals surface area (Å²) in [6, 6.07) is 22.0. The summed E-state index contributed by atoms with van der Waals surface area (Å²) in [6.45, 7) is 0.669. The molecule has 0 spiro atoms. The van der Waals surface area contributed by atoms with Gasteiger partial charge in [0.15, 0.2) is 0 Å². The fourth-order valence-electron chi connectivity index (χ4n) is 4.94. The molecule has 1 saturated heterocycles. The molecular formula is C28H28F4N2O2. The SMILES string of the molecule is CNC(=O)N1CC[C@@H](OCc2cc(F)cc(C(F)(F)F)c2)[C@@H](C(c2ccccc2)c2ccccc2)C1. The molecule has 8 heteroatoms. The normalized spacial score (nSPS) is 18.3. The van der Waals surface area contributed by atoms with E-state index in [9.17, 15) is 22.4 Å². The first-order chi connectivity index (χ1) is 17.3. The van der Waals surface area contributed by atoms with Crippen molar-refractivity contribution < 1.29 is 27.1 Å². The van der Waals surface area contributed by atoms with E-state index >= 15 is 0 Å². The van der Waals surface area contributed by atoms with Gasteiger partial charge in [-0.25, -0.2) is 9.18 Å². The number of carbonyl (C=O) groups excluding carboxylic acids is 1. The van der Waals surface area contributed by atoms with Crippen molar-refractivity contribution in [1.82, 2.24) is 10.2 Å². The Morgan fingerprint density at radius 1 is 1.03 bits per heavy atom. The number of hydrogen-bond donors (Lipinski definition) is 1. The van der Waals surface area contributed by atoms with Gasteiger partial charge in [-0.05, 0) is 41.3 Å². The standard InChI is InChI=1S/C28H28F4N2O2/c1-33-27(35)34-13-12-25(36-18-19-14-22(28(30,31)32)16-23(29)15-19)24(17-34)26(20-8-4-2-5-9-20)21-10-6-3-7-11-21/h2-11,14-16,24-26H,12-13,17-18H2,1H3,(H,33,35)/t24-,25+/m0/s1. The predicted molar refractivity (Wildman–Crippen MR) is 129 cm³/mol. The summed E-state index contributed by atoms with van der Waals surface area (Å²) in [5, 5.41) is 2.67. The van der Waals surface area contributed by atoms with Crippen LogP contribution in [0.25, 0.3) is 0 Å². The number of benzene rings is 3. The molecule has 1 heterocycles. The molecule has 0 saturated carbocycles. The number of urea groups is 1. The molecule has 0 radical (unpaired) electrons. The highest BCUT2D eigenvalue weighted by molar-refractivity contribution is 5.74. The number of carbonyl (C=O) groups is 1.